The summed E-state index contributed by atoms with van der Waals surface area (Å²) in [7, 11) is -0.978. The molecule has 0 aromatic heterocycles. The van der Waals surface area contributed by atoms with Crippen LogP contribution in [0.1, 0.15) is 11.1 Å². The summed E-state index contributed by atoms with van der Waals surface area (Å²) in [6.45, 7) is -0.609. The zero-order valence-electron chi connectivity index (χ0n) is 18.6. The molecule has 0 aliphatic carbocycles. The van der Waals surface area contributed by atoms with Crippen LogP contribution < -0.4 is 14.9 Å². The summed E-state index contributed by atoms with van der Waals surface area (Å²) >= 11 is 0. The molecule has 178 valence electrons. The van der Waals surface area contributed by atoms with E-state index in [-0.39, 0.29) is 11.4 Å². The third kappa shape index (κ3) is 6.40. The maximum atomic E-state index is 13.3. The first kappa shape index (κ1) is 24.9. The molecule has 0 heterocycles. The number of hydrogen-bond acceptors (Lipinski definition) is 6. The number of sulfonamides is 1. The number of carbonyl (C=O) groups is 1. The second kappa shape index (κ2) is 11.4. The topological polar surface area (TPSA) is 97.3 Å². The highest BCUT2D eigenvalue weighted by Gasteiger charge is 2.26. The molecule has 0 spiro atoms. The molecule has 0 bridgehead atoms. The number of ether oxygens (including phenoxy) is 2. The molecule has 8 nitrogen and oxygen atoms in total. The van der Waals surface area contributed by atoms with Crippen LogP contribution in [-0.4, -0.2) is 45.6 Å². The van der Waals surface area contributed by atoms with Gasteiger partial charge in [-0.1, -0.05) is 30.3 Å². The number of carbonyl (C=O) groups excluding carboxylic acids is 1. The molecule has 0 atom stereocenters. The van der Waals surface area contributed by atoms with Crippen molar-refractivity contribution >= 4 is 22.1 Å². The van der Waals surface area contributed by atoms with Gasteiger partial charge in [0.25, 0.3) is 5.91 Å². The lowest BCUT2D eigenvalue weighted by Crippen LogP contribution is -2.39. The minimum atomic E-state index is -4.00. The number of benzene rings is 3. The van der Waals surface area contributed by atoms with E-state index in [2.05, 4.69) is 10.5 Å². The average molecular weight is 486 g/mol. The molecule has 0 fully saturated rings. The van der Waals surface area contributed by atoms with Crippen LogP contribution in [0.25, 0.3) is 0 Å². The van der Waals surface area contributed by atoms with Crippen LogP contribution >= 0.6 is 0 Å². The van der Waals surface area contributed by atoms with Gasteiger partial charge in [0, 0.05) is 6.54 Å². The molecule has 0 aliphatic rings. The fraction of sp³-hybridized carbons (Fsp3) is 0.167. The van der Waals surface area contributed by atoms with E-state index in [1.54, 1.807) is 36.4 Å². The van der Waals surface area contributed by atoms with Gasteiger partial charge in [-0.2, -0.15) is 9.41 Å². The summed E-state index contributed by atoms with van der Waals surface area (Å²) in [5.41, 5.74) is 3.51. The standard InChI is InChI=1S/C24H24FN3O5S/c1-32-22-13-10-19(14-23(22)33-2)15-26-27-24(29)17-28(16-18-8-11-20(25)12-9-18)34(30,31)21-6-4-3-5-7-21/h3-15H,16-17H2,1-2H3,(H,27,29)/b26-15-. The first-order valence-corrected chi connectivity index (χ1v) is 11.6. The lowest BCUT2D eigenvalue weighted by molar-refractivity contribution is -0.121. The van der Waals surface area contributed by atoms with E-state index in [1.807, 2.05) is 0 Å². The van der Waals surface area contributed by atoms with E-state index in [0.717, 1.165) is 4.31 Å². The molecule has 0 aliphatic heterocycles. The van der Waals surface area contributed by atoms with Crippen molar-refractivity contribution in [1.29, 1.82) is 0 Å². The first-order chi connectivity index (χ1) is 16.3. The molecule has 10 heteroatoms. The second-order valence-electron chi connectivity index (χ2n) is 7.12. The van der Waals surface area contributed by atoms with E-state index in [0.29, 0.717) is 22.6 Å². The second-order valence-corrected chi connectivity index (χ2v) is 9.06. The minimum Gasteiger partial charge on any atom is -0.493 e. The number of hydrazone groups is 1. The van der Waals surface area contributed by atoms with Gasteiger partial charge in [-0.15, -0.1) is 0 Å². The summed E-state index contributed by atoms with van der Waals surface area (Å²) in [5.74, 6) is -0.0368. The molecule has 0 radical (unpaired) electrons. The molecule has 0 saturated carbocycles. The van der Waals surface area contributed by atoms with Crippen LogP contribution in [0.4, 0.5) is 4.39 Å². The number of methoxy groups -OCH3 is 2. The maximum Gasteiger partial charge on any atom is 0.255 e. The Bertz CT molecular complexity index is 1250. The monoisotopic (exact) mass is 485 g/mol. The molecule has 1 N–H and O–H groups in total. The van der Waals surface area contributed by atoms with Crippen molar-refractivity contribution < 1.29 is 27.1 Å². The quantitative estimate of drug-likeness (QED) is 0.351. The molecule has 34 heavy (non-hydrogen) atoms. The number of hydrogen-bond donors (Lipinski definition) is 1. The lowest BCUT2D eigenvalue weighted by Gasteiger charge is -2.21. The van der Waals surface area contributed by atoms with Crippen molar-refractivity contribution in [3.05, 3.63) is 89.7 Å². The van der Waals surface area contributed by atoms with Crippen LogP contribution in [0.5, 0.6) is 11.5 Å². The Morgan fingerprint density at radius 2 is 1.68 bits per heavy atom. The fourth-order valence-electron chi connectivity index (χ4n) is 3.07. The minimum absolute atomic E-state index is 0.0405. The fourth-order valence-corrected chi connectivity index (χ4v) is 4.47. The van der Waals surface area contributed by atoms with Crippen LogP contribution in [0.2, 0.25) is 0 Å². The highest BCUT2D eigenvalue weighted by molar-refractivity contribution is 7.89. The van der Waals surface area contributed by atoms with Crippen molar-refractivity contribution in [1.82, 2.24) is 9.73 Å². The van der Waals surface area contributed by atoms with Gasteiger partial charge in [0.05, 0.1) is 31.9 Å². The van der Waals surface area contributed by atoms with E-state index < -0.39 is 28.3 Å². The number of amides is 1. The van der Waals surface area contributed by atoms with Gasteiger partial charge in [0.1, 0.15) is 5.82 Å². The SMILES string of the molecule is COc1ccc(/C=N\NC(=O)CN(Cc2ccc(F)cc2)S(=O)(=O)c2ccccc2)cc1OC. The third-order valence-corrected chi connectivity index (χ3v) is 6.59. The smallest absolute Gasteiger partial charge is 0.255 e. The van der Waals surface area contributed by atoms with Crippen LogP contribution in [0.15, 0.2) is 82.8 Å². The van der Waals surface area contributed by atoms with Gasteiger partial charge in [-0.25, -0.2) is 18.2 Å². The number of halogens is 1. The largest absolute Gasteiger partial charge is 0.493 e. The highest BCUT2D eigenvalue weighted by atomic mass is 32.2. The van der Waals surface area contributed by atoms with Gasteiger partial charge < -0.3 is 9.47 Å². The van der Waals surface area contributed by atoms with Crippen molar-refractivity contribution in [3.63, 3.8) is 0 Å². The van der Waals surface area contributed by atoms with Gasteiger partial charge in [-0.05, 0) is 53.6 Å². The predicted octanol–water partition coefficient (Wildman–Crippen LogP) is 3.18. The molecule has 3 aromatic rings. The first-order valence-electron chi connectivity index (χ1n) is 10.2. The molecule has 3 aromatic carbocycles. The molecule has 0 unspecified atom stereocenters. The Labute approximate surface area is 197 Å². The van der Waals surface area contributed by atoms with E-state index in [9.17, 15) is 17.6 Å². The molecular formula is C24H24FN3O5S. The Morgan fingerprint density at radius 1 is 1.00 bits per heavy atom. The van der Waals surface area contributed by atoms with Crippen LogP contribution in [-0.2, 0) is 21.4 Å². The number of nitrogens with one attached hydrogen (secondary N) is 1. The van der Waals surface area contributed by atoms with E-state index >= 15 is 0 Å². The van der Waals surface area contributed by atoms with Crippen molar-refractivity contribution in [3.8, 4) is 11.5 Å². The lowest BCUT2D eigenvalue weighted by atomic mass is 10.2. The van der Waals surface area contributed by atoms with Crippen molar-refractivity contribution in [2.24, 2.45) is 5.10 Å². The average Bonchev–Trinajstić information content (AvgIpc) is 2.85. The molecular weight excluding hydrogens is 461 g/mol. The van der Waals surface area contributed by atoms with Crippen LogP contribution in [0.3, 0.4) is 0 Å². The van der Waals surface area contributed by atoms with Gasteiger partial charge in [0.2, 0.25) is 10.0 Å². The zero-order valence-corrected chi connectivity index (χ0v) is 19.5. The Hall–Kier alpha value is -3.76. The Balaban J connectivity index is 1.75. The molecule has 3 rings (SSSR count). The molecule has 1 amide bonds. The van der Waals surface area contributed by atoms with Crippen LogP contribution in [0, 0.1) is 5.82 Å². The summed E-state index contributed by atoms with van der Waals surface area (Å²) in [6, 6.07) is 18.3. The number of rotatable bonds is 10. The summed E-state index contributed by atoms with van der Waals surface area (Å²) in [5, 5.41) is 3.91. The summed E-state index contributed by atoms with van der Waals surface area (Å²) < 4.78 is 51.0. The maximum absolute atomic E-state index is 13.3. The van der Waals surface area contributed by atoms with Crippen molar-refractivity contribution in [2.75, 3.05) is 20.8 Å². The third-order valence-electron chi connectivity index (χ3n) is 4.78. The Kier molecular flexibility index (Phi) is 8.34. The highest BCUT2D eigenvalue weighted by Crippen LogP contribution is 2.26. The van der Waals surface area contributed by atoms with E-state index in [4.69, 9.17) is 9.47 Å². The molecule has 0 saturated heterocycles. The zero-order chi connectivity index (χ0) is 24.6. The summed E-state index contributed by atoms with van der Waals surface area (Å²) in [4.78, 5) is 12.6. The van der Waals surface area contributed by atoms with Crippen molar-refractivity contribution in [2.45, 2.75) is 11.4 Å². The predicted molar refractivity (Wildman–Crippen MR) is 126 cm³/mol. The summed E-state index contributed by atoms with van der Waals surface area (Å²) in [6.07, 6.45) is 1.40. The van der Waals surface area contributed by atoms with Gasteiger partial charge in [0.15, 0.2) is 11.5 Å². The van der Waals surface area contributed by atoms with Gasteiger partial charge in [-0.3, -0.25) is 4.79 Å². The number of nitrogens with zero attached hydrogens (tertiary/aromatic N) is 2. The normalized spacial score (nSPS) is 11.5. The van der Waals surface area contributed by atoms with E-state index in [1.165, 1.54) is 56.8 Å². The van der Waals surface area contributed by atoms with Gasteiger partial charge >= 0.3 is 0 Å². The Morgan fingerprint density at radius 3 is 2.32 bits per heavy atom.